The number of likely N-dealkylation sites (tertiary alicyclic amines) is 1. The minimum atomic E-state index is -0.486. The Kier molecular flexibility index (Phi) is 4.24. The van der Waals surface area contributed by atoms with Crippen LogP contribution < -0.4 is 5.73 Å². The lowest BCUT2D eigenvalue weighted by Crippen LogP contribution is -2.45. The highest BCUT2D eigenvalue weighted by Gasteiger charge is 2.27. The number of amidine groups is 1. The zero-order chi connectivity index (χ0) is 14.7. The van der Waals surface area contributed by atoms with Gasteiger partial charge in [-0.2, -0.15) is 0 Å². The third-order valence-corrected chi connectivity index (χ3v) is 3.72. The fourth-order valence-corrected chi connectivity index (χ4v) is 2.29. The summed E-state index contributed by atoms with van der Waals surface area (Å²) in [7, 11) is 0. The molecule has 0 aromatic heterocycles. The Balaban J connectivity index is 2.17. The number of aliphatic hydroxyl groups is 1. The Bertz CT molecular complexity index is 530. The van der Waals surface area contributed by atoms with Crippen LogP contribution in [0.15, 0.2) is 29.4 Å². The molecule has 20 heavy (non-hydrogen) atoms. The average Bonchev–Trinajstić information content (AvgIpc) is 2.48. The fraction of sp³-hybridized carbons (Fsp3) is 0.429. The summed E-state index contributed by atoms with van der Waals surface area (Å²) in [6.07, 6.45) is 0.298. The molecule has 2 unspecified atom stereocenters. The largest absolute Gasteiger partial charge is 0.409 e. The summed E-state index contributed by atoms with van der Waals surface area (Å²) >= 11 is 0. The van der Waals surface area contributed by atoms with E-state index in [-0.39, 0.29) is 17.7 Å². The van der Waals surface area contributed by atoms with Crippen LogP contribution in [0.5, 0.6) is 0 Å². The lowest BCUT2D eigenvalue weighted by Gasteiger charge is -2.34. The maximum atomic E-state index is 12.4. The maximum absolute atomic E-state index is 12.4. The van der Waals surface area contributed by atoms with Gasteiger partial charge in [-0.3, -0.25) is 4.79 Å². The van der Waals surface area contributed by atoms with Gasteiger partial charge in [-0.05, 0) is 24.5 Å². The molecule has 1 aromatic rings. The molecule has 4 N–H and O–H groups in total. The Morgan fingerprint density at radius 3 is 2.80 bits per heavy atom. The van der Waals surface area contributed by atoms with E-state index in [0.29, 0.717) is 24.2 Å². The zero-order valence-electron chi connectivity index (χ0n) is 11.4. The standard InChI is InChI=1S/C14H19N3O3/c1-9-5-6-17(8-12(9)18)14(19)11-4-2-3-10(7-11)13(15)16-20/h2-4,7,9,12,18,20H,5-6,8H2,1H3,(H2,15,16). The van der Waals surface area contributed by atoms with Gasteiger partial charge in [-0.25, -0.2) is 0 Å². The molecule has 1 amide bonds. The van der Waals surface area contributed by atoms with Gasteiger partial charge in [0, 0.05) is 24.2 Å². The molecule has 0 spiro atoms. The van der Waals surface area contributed by atoms with E-state index >= 15 is 0 Å². The second-order valence-electron chi connectivity index (χ2n) is 5.15. The molecule has 1 aliphatic heterocycles. The van der Waals surface area contributed by atoms with Gasteiger partial charge in [0.1, 0.15) is 0 Å². The number of hydrogen-bond acceptors (Lipinski definition) is 4. The van der Waals surface area contributed by atoms with Gasteiger partial charge >= 0.3 is 0 Å². The Morgan fingerprint density at radius 2 is 2.15 bits per heavy atom. The van der Waals surface area contributed by atoms with Crippen molar-refractivity contribution in [1.82, 2.24) is 4.90 Å². The highest BCUT2D eigenvalue weighted by molar-refractivity contribution is 6.01. The van der Waals surface area contributed by atoms with E-state index in [0.717, 1.165) is 6.42 Å². The van der Waals surface area contributed by atoms with Crippen LogP contribution in [0.25, 0.3) is 0 Å². The van der Waals surface area contributed by atoms with E-state index in [1.54, 1.807) is 29.2 Å². The van der Waals surface area contributed by atoms with E-state index in [2.05, 4.69) is 5.16 Å². The number of aliphatic hydroxyl groups excluding tert-OH is 1. The van der Waals surface area contributed by atoms with Gasteiger partial charge in [0.05, 0.1) is 6.10 Å². The zero-order valence-corrected chi connectivity index (χ0v) is 11.4. The first-order valence-corrected chi connectivity index (χ1v) is 6.58. The first-order chi connectivity index (χ1) is 9.52. The van der Waals surface area contributed by atoms with Gasteiger partial charge in [0.25, 0.3) is 5.91 Å². The van der Waals surface area contributed by atoms with Crippen molar-refractivity contribution in [2.24, 2.45) is 16.8 Å². The van der Waals surface area contributed by atoms with Crippen molar-refractivity contribution in [1.29, 1.82) is 0 Å². The van der Waals surface area contributed by atoms with Crippen molar-refractivity contribution in [3.05, 3.63) is 35.4 Å². The molecular weight excluding hydrogens is 258 g/mol. The summed E-state index contributed by atoms with van der Waals surface area (Å²) in [5, 5.41) is 21.4. The molecule has 0 saturated carbocycles. The second kappa shape index (κ2) is 5.92. The minimum Gasteiger partial charge on any atom is -0.409 e. The Morgan fingerprint density at radius 1 is 1.45 bits per heavy atom. The van der Waals surface area contributed by atoms with Crippen molar-refractivity contribution >= 4 is 11.7 Å². The summed E-state index contributed by atoms with van der Waals surface area (Å²) < 4.78 is 0. The summed E-state index contributed by atoms with van der Waals surface area (Å²) in [6, 6.07) is 6.62. The molecule has 1 fully saturated rings. The number of benzene rings is 1. The molecule has 1 aliphatic rings. The summed E-state index contributed by atoms with van der Waals surface area (Å²) in [6.45, 7) is 2.95. The Labute approximate surface area is 117 Å². The van der Waals surface area contributed by atoms with Crippen LogP contribution in [-0.4, -0.2) is 46.1 Å². The van der Waals surface area contributed by atoms with Crippen LogP contribution in [0, 0.1) is 5.92 Å². The number of hydrogen-bond donors (Lipinski definition) is 3. The van der Waals surface area contributed by atoms with Crippen LogP contribution in [0.1, 0.15) is 29.3 Å². The van der Waals surface area contributed by atoms with Gasteiger partial charge in [-0.1, -0.05) is 24.2 Å². The molecule has 2 atom stereocenters. The van der Waals surface area contributed by atoms with Crippen LogP contribution in [-0.2, 0) is 0 Å². The molecule has 6 heteroatoms. The van der Waals surface area contributed by atoms with E-state index < -0.39 is 6.10 Å². The number of β-amino-alcohol motifs (C(OH)–C–C–N with tert-alkyl or cyclic N) is 1. The average molecular weight is 277 g/mol. The van der Waals surface area contributed by atoms with Crippen LogP contribution in [0.2, 0.25) is 0 Å². The fourth-order valence-electron chi connectivity index (χ4n) is 2.29. The normalized spacial score (nSPS) is 23.7. The van der Waals surface area contributed by atoms with Crippen molar-refractivity contribution < 1.29 is 15.1 Å². The number of piperidine rings is 1. The predicted molar refractivity (Wildman–Crippen MR) is 74.6 cm³/mol. The third-order valence-electron chi connectivity index (χ3n) is 3.72. The first-order valence-electron chi connectivity index (χ1n) is 6.58. The van der Waals surface area contributed by atoms with Crippen molar-refractivity contribution in [2.75, 3.05) is 13.1 Å². The number of oxime groups is 1. The lowest BCUT2D eigenvalue weighted by atomic mass is 9.95. The van der Waals surface area contributed by atoms with Crippen LogP contribution in [0.4, 0.5) is 0 Å². The molecule has 1 heterocycles. The molecule has 0 radical (unpaired) electrons. The van der Waals surface area contributed by atoms with Crippen molar-refractivity contribution in [3.8, 4) is 0 Å². The predicted octanol–water partition coefficient (Wildman–Crippen LogP) is 0.624. The smallest absolute Gasteiger partial charge is 0.253 e. The number of rotatable bonds is 2. The highest BCUT2D eigenvalue weighted by atomic mass is 16.4. The maximum Gasteiger partial charge on any atom is 0.253 e. The van der Waals surface area contributed by atoms with Gasteiger partial charge in [0.2, 0.25) is 0 Å². The molecule has 2 rings (SSSR count). The monoisotopic (exact) mass is 277 g/mol. The summed E-state index contributed by atoms with van der Waals surface area (Å²) in [5.41, 5.74) is 6.48. The summed E-state index contributed by atoms with van der Waals surface area (Å²) in [5.74, 6) is 0.0260. The molecule has 108 valence electrons. The molecule has 1 aromatic carbocycles. The molecule has 0 bridgehead atoms. The third kappa shape index (κ3) is 2.91. The lowest BCUT2D eigenvalue weighted by molar-refractivity contribution is 0.0248. The highest BCUT2D eigenvalue weighted by Crippen LogP contribution is 2.19. The number of carbonyl (C=O) groups is 1. The van der Waals surface area contributed by atoms with Crippen molar-refractivity contribution in [3.63, 3.8) is 0 Å². The number of nitrogens with two attached hydrogens (primary N) is 1. The van der Waals surface area contributed by atoms with Gasteiger partial charge in [-0.15, -0.1) is 0 Å². The van der Waals surface area contributed by atoms with E-state index in [9.17, 15) is 9.90 Å². The number of carbonyl (C=O) groups excluding carboxylic acids is 1. The Hall–Kier alpha value is -2.08. The van der Waals surface area contributed by atoms with Gasteiger partial charge in [0.15, 0.2) is 5.84 Å². The number of amides is 1. The van der Waals surface area contributed by atoms with Crippen LogP contribution >= 0.6 is 0 Å². The topological polar surface area (TPSA) is 99.2 Å². The van der Waals surface area contributed by atoms with E-state index in [1.165, 1.54) is 0 Å². The number of nitrogens with zero attached hydrogens (tertiary/aromatic N) is 2. The van der Waals surface area contributed by atoms with E-state index in [4.69, 9.17) is 10.9 Å². The molecule has 6 nitrogen and oxygen atoms in total. The van der Waals surface area contributed by atoms with E-state index in [1.807, 2.05) is 6.92 Å². The molecular formula is C14H19N3O3. The molecule has 0 aliphatic carbocycles. The second-order valence-corrected chi connectivity index (χ2v) is 5.15. The summed E-state index contributed by atoms with van der Waals surface area (Å²) in [4.78, 5) is 14.0. The minimum absolute atomic E-state index is 0.0352. The first kappa shape index (κ1) is 14.3. The van der Waals surface area contributed by atoms with Gasteiger partial charge < -0.3 is 20.9 Å². The quantitative estimate of drug-likeness (QED) is 0.319. The van der Waals surface area contributed by atoms with Crippen LogP contribution in [0.3, 0.4) is 0 Å². The SMILES string of the molecule is CC1CCN(C(=O)c2cccc(/C(N)=N/O)c2)CC1O. The van der Waals surface area contributed by atoms with Crippen molar-refractivity contribution in [2.45, 2.75) is 19.4 Å². The molecule has 1 saturated heterocycles.